The van der Waals surface area contributed by atoms with Gasteiger partial charge in [0, 0.05) is 29.0 Å². The van der Waals surface area contributed by atoms with Gasteiger partial charge in [-0.2, -0.15) is 0 Å². The van der Waals surface area contributed by atoms with Crippen LogP contribution in [-0.4, -0.2) is 66.7 Å². The largest absolute Gasteiger partial charge is 0.348 e. The topological polar surface area (TPSA) is 134 Å². The second kappa shape index (κ2) is 17.3. The van der Waals surface area contributed by atoms with Crippen molar-refractivity contribution in [1.29, 1.82) is 0 Å². The molecule has 1 fully saturated rings. The van der Waals surface area contributed by atoms with Gasteiger partial charge in [-0.25, -0.2) is 4.98 Å². The van der Waals surface area contributed by atoms with Crippen molar-refractivity contribution in [1.82, 2.24) is 35.3 Å². The highest BCUT2D eigenvalue weighted by Crippen LogP contribution is 2.39. The van der Waals surface area contributed by atoms with E-state index in [9.17, 15) is 14.4 Å². The van der Waals surface area contributed by atoms with Gasteiger partial charge < -0.3 is 15.5 Å². The number of aromatic nitrogens is 4. The normalized spacial score (nSPS) is 17.4. The van der Waals surface area contributed by atoms with E-state index in [2.05, 4.69) is 87.6 Å². The van der Waals surface area contributed by atoms with Gasteiger partial charge in [0.25, 0.3) is 0 Å². The summed E-state index contributed by atoms with van der Waals surface area (Å²) in [7, 11) is 0. The SMILES string of the molecule is Cc1ncsc1-c1ccc([C@H](C)NC(=O)C2CCCN2C(=O)C(NC(=O)CCCCc2ccc(C3=NC(C)c4nnc(C)n4-c4sc(C)c(C)c43)cc2)C(C)(C)C)cc1. The van der Waals surface area contributed by atoms with Crippen molar-refractivity contribution in [2.75, 3.05) is 6.54 Å². The van der Waals surface area contributed by atoms with Gasteiger partial charge in [-0.3, -0.25) is 23.9 Å². The molecule has 2 aliphatic rings. The third-order valence-electron chi connectivity index (χ3n) is 11.7. The summed E-state index contributed by atoms with van der Waals surface area (Å²) in [5, 5.41) is 16.2. The Morgan fingerprint density at radius 3 is 2.32 bits per heavy atom. The van der Waals surface area contributed by atoms with E-state index in [0.29, 0.717) is 25.8 Å². The van der Waals surface area contributed by atoms with Crippen LogP contribution in [0.4, 0.5) is 0 Å². The zero-order valence-corrected chi connectivity index (χ0v) is 37.3. The third kappa shape index (κ3) is 8.82. The predicted molar refractivity (Wildman–Crippen MR) is 236 cm³/mol. The summed E-state index contributed by atoms with van der Waals surface area (Å²) in [6.07, 6.45) is 3.99. The summed E-state index contributed by atoms with van der Waals surface area (Å²) in [5.41, 5.74) is 10.0. The van der Waals surface area contributed by atoms with Crippen LogP contribution in [0.1, 0.15) is 129 Å². The van der Waals surface area contributed by atoms with Crippen molar-refractivity contribution in [3.8, 4) is 15.4 Å². The van der Waals surface area contributed by atoms with E-state index >= 15 is 0 Å². The van der Waals surface area contributed by atoms with Crippen LogP contribution in [0.3, 0.4) is 0 Å². The Morgan fingerprint density at radius 2 is 1.64 bits per heavy atom. The van der Waals surface area contributed by atoms with Gasteiger partial charge in [0.05, 0.1) is 27.8 Å². The van der Waals surface area contributed by atoms with Crippen LogP contribution >= 0.6 is 22.7 Å². The molecule has 59 heavy (non-hydrogen) atoms. The Morgan fingerprint density at radius 1 is 0.932 bits per heavy atom. The van der Waals surface area contributed by atoms with Gasteiger partial charge in [-0.1, -0.05) is 69.3 Å². The Kier molecular flexibility index (Phi) is 12.4. The Labute approximate surface area is 355 Å². The number of aryl methyl sites for hydroxylation is 4. The van der Waals surface area contributed by atoms with E-state index in [-0.39, 0.29) is 29.8 Å². The molecule has 11 nitrogen and oxygen atoms in total. The van der Waals surface area contributed by atoms with Gasteiger partial charge in [-0.05, 0) is 101 Å². The van der Waals surface area contributed by atoms with Crippen LogP contribution in [0.15, 0.2) is 59.0 Å². The molecule has 13 heteroatoms. The molecule has 2 aliphatic heterocycles. The maximum Gasteiger partial charge on any atom is 0.246 e. The number of amides is 3. The van der Waals surface area contributed by atoms with E-state index in [1.54, 1.807) is 27.6 Å². The van der Waals surface area contributed by atoms with Gasteiger partial charge in [0.15, 0.2) is 5.82 Å². The van der Waals surface area contributed by atoms with E-state index < -0.39 is 17.5 Å². The maximum absolute atomic E-state index is 14.1. The summed E-state index contributed by atoms with van der Waals surface area (Å²) < 4.78 is 2.15. The molecule has 0 bridgehead atoms. The molecule has 0 aliphatic carbocycles. The molecule has 5 heterocycles. The standard InChI is InChI=1S/C46H56N8O3S2/c1-26-30(5)59-45-38(26)39(48-29(4)42-52-51-31(6)54(42)45)34-18-16-32(17-19-34)13-10-11-15-37(55)50-41(46(7,8)9)44(57)53-24-12-14-36(53)43(56)49-27(2)33-20-22-35(23-21-33)40-28(3)47-25-58-40/h16-23,25,27,29,36,41H,10-15,24H2,1-9H3,(H,49,56)(H,50,55)/t27-,29?,36?,41?/m0/s1. The van der Waals surface area contributed by atoms with Crippen LogP contribution in [0, 0.1) is 33.1 Å². The van der Waals surface area contributed by atoms with Crippen molar-refractivity contribution < 1.29 is 14.4 Å². The lowest BCUT2D eigenvalue weighted by Crippen LogP contribution is -2.57. The van der Waals surface area contributed by atoms with Crippen molar-refractivity contribution in [3.05, 3.63) is 104 Å². The summed E-state index contributed by atoms with van der Waals surface area (Å²) in [6.45, 7) is 18.7. The number of unbranched alkanes of at least 4 members (excludes halogenated alkanes) is 1. The molecule has 1 saturated heterocycles. The number of nitrogens with one attached hydrogen (secondary N) is 2. The van der Waals surface area contributed by atoms with E-state index in [1.807, 2.05) is 59.2 Å². The molecule has 0 spiro atoms. The molecule has 2 aromatic carbocycles. The number of thiophene rings is 1. The van der Waals surface area contributed by atoms with Crippen molar-refractivity contribution in [2.45, 2.75) is 125 Å². The fourth-order valence-corrected chi connectivity index (χ4v) is 10.2. The van der Waals surface area contributed by atoms with E-state index in [0.717, 1.165) is 74.4 Å². The molecule has 0 radical (unpaired) electrons. The van der Waals surface area contributed by atoms with E-state index in [1.165, 1.54) is 16.0 Å². The first-order valence-electron chi connectivity index (χ1n) is 20.7. The molecule has 4 atom stereocenters. The molecule has 2 N–H and O–H groups in total. The van der Waals surface area contributed by atoms with Crippen LogP contribution in [0.5, 0.6) is 0 Å². The van der Waals surface area contributed by atoms with Crippen LogP contribution in [-0.2, 0) is 20.8 Å². The zero-order valence-electron chi connectivity index (χ0n) is 35.7. The first kappa shape index (κ1) is 42.1. The minimum atomic E-state index is -0.749. The fourth-order valence-electron chi connectivity index (χ4n) is 8.17. The number of hydrogen-bond acceptors (Lipinski definition) is 9. The molecule has 0 saturated carbocycles. The molecule has 3 amide bonds. The molecular formula is C46H56N8O3S2. The number of fused-ring (bicyclic) bond motifs is 3. The quantitative estimate of drug-likeness (QED) is 0.121. The lowest BCUT2D eigenvalue weighted by molar-refractivity contribution is -0.144. The number of carbonyl (C=O) groups excluding carboxylic acids is 3. The van der Waals surface area contributed by atoms with Crippen LogP contribution in [0.25, 0.3) is 15.4 Å². The first-order valence-corrected chi connectivity index (χ1v) is 22.4. The summed E-state index contributed by atoms with van der Waals surface area (Å²) in [5.74, 6) is 1.19. The number of benzene rings is 2. The number of likely N-dealkylation sites (tertiary alicyclic amines) is 1. The van der Waals surface area contributed by atoms with Gasteiger partial charge >= 0.3 is 0 Å². The average Bonchev–Trinajstić information content (AvgIpc) is 4.00. The number of aliphatic imine (C=N–C) groups is 1. The second-order valence-electron chi connectivity index (χ2n) is 17.1. The van der Waals surface area contributed by atoms with E-state index in [4.69, 9.17) is 4.99 Å². The number of rotatable bonds is 12. The first-order chi connectivity index (χ1) is 28.1. The van der Waals surface area contributed by atoms with Crippen LogP contribution < -0.4 is 10.6 Å². The zero-order chi connectivity index (χ0) is 42.2. The molecule has 310 valence electrons. The monoisotopic (exact) mass is 832 g/mol. The Bertz CT molecular complexity index is 2370. The summed E-state index contributed by atoms with van der Waals surface area (Å²) in [4.78, 5) is 54.7. The molecule has 7 rings (SSSR count). The van der Waals surface area contributed by atoms with Crippen molar-refractivity contribution >= 4 is 46.1 Å². The number of carbonyl (C=O) groups is 3. The predicted octanol–water partition coefficient (Wildman–Crippen LogP) is 8.71. The van der Waals surface area contributed by atoms with Gasteiger partial charge in [0.2, 0.25) is 17.7 Å². The molecule has 3 unspecified atom stereocenters. The number of nitrogens with zero attached hydrogens (tertiary/aromatic N) is 6. The van der Waals surface area contributed by atoms with Gasteiger partial charge in [0.1, 0.15) is 29.0 Å². The smallest absolute Gasteiger partial charge is 0.246 e. The minimum Gasteiger partial charge on any atom is -0.348 e. The third-order valence-corrected chi connectivity index (χ3v) is 13.9. The Balaban J connectivity index is 0.923. The number of thiazole rings is 1. The lowest BCUT2D eigenvalue weighted by atomic mass is 9.85. The summed E-state index contributed by atoms with van der Waals surface area (Å²) in [6, 6.07) is 15.1. The highest BCUT2D eigenvalue weighted by molar-refractivity contribution is 7.15. The Hall–Kier alpha value is -5.01. The second-order valence-corrected chi connectivity index (χ2v) is 19.2. The fraction of sp³-hybridized carbons (Fsp3) is 0.457. The molecule has 5 aromatic rings. The lowest BCUT2D eigenvalue weighted by Gasteiger charge is -2.35. The van der Waals surface area contributed by atoms with Crippen molar-refractivity contribution in [3.63, 3.8) is 0 Å². The maximum atomic E-state index is 14.1. The van der Waals surface area contributed by atoms with Crippen molar-refractivity contribution in [2.24, 2.45) is 10.4 Å². The molecular weight excluding hydrogens is 777 g/mol. The van der Waals surface area contributed by atoms with Crippen LogP contribution in [0.2, 0.25) is 0 Å². The summed E-state index contributed by atoms with van der Waals surface area (Å²) >= 11 is 3.37. The number of hydrogen-bond donors (Lipinski definition) is 2. The highest BCUT2D eigenvalue weighted by Gasteiger charge is 2.42. The highest BCUT2D eigenvalue weighted by atomic mass is 32.1. The molecule has 3 aromatic heterocycles. The minimum absolute atomic E-state index is 0.135. The van der Waals surface area contributed by atoms with Gasteiger partial charge in [-0.15, -0.1) is 32.9 Å². The average molecular weight is 833 g/mol.